The molecule has 0 heterocycles. The lowest BCUT2D eigenvalue weighted by Gasteiger charge is -2.27. The van der Waals surface area contributed by atoms with Crippen LogP contribution in [-0.4, -0.2) is 43.8 Å². The molecule has 348 valence electrons. The molecule has 0 aromatic carbocycles. The summed E-state index contributed by atoms with van der Waals surface area (Å²) >= 11 is 0. The highest BCUT2D eigenvalue weighted by atomic mass is 31.2. The Labute approximate surface area is 365 Å². The van der Waals surface area contributed by atoms with Crippen molar-refractivity contribution in [1.29, 1.82) is 0 Å². The number of amides is 1. The van der Waals surface area contributed by atoms with Gasteiger partial charge in [0.05, 0.1) is 25.9 Å². The number of esters is 1. The highest BCUT2D eigenvalue weighted by Gasteiger charge is 2.32. The number of carbonyl (C=O) groups is 2. The number of carbonyl (C=O) groups excluding carboxylic acids is 2. The van der Waals surface area contributed by atoms with Crippen molar-refractivity contribution < 1.29 is 32.5 Å². The number of nitrogens with one attached hydrogen (secondary N) is 1. The van der Waals surface area contributed by atoms with Gasteiger partial charge in [-0.1, -0.05) is 220 Å². The average Bonchev–Trinajstić information content (AvgIpc) is 3.23. The molecule has 0 rings (SSSR count). The van der Waals surface area contributed by atoms with E-state index < -0.39 is 20.0 Å². The predicted octanol–water partition coefficient (Wildman–Crippen LogP) is 16.0. The monoisotopic (exact) mass is 854 g/mol. The lowest BCUT2D eigenvalue weighted by molar-refractivity contribution is -0.149. The third-order valence-electron chi connectivity index (χ3n) is 11.0. The fourth-order valence-electron chi connectivity index (χ4n) is 7.28. The zero-order valence-corrected chi connectivity index (χ0v) is 40.2. The van der Waals surface area contributed by atoms with Crippen molar-refractivity contribution in [2.75, 3.05) is 19.8 Å². The summed E-state index contributed by atoms with van der Waals surface area (Å²) in [5, 5.41) is 3.10. The Morgan fingerprint density at radius 3 is 1.41 bits per heavy atom. The van der Waals surface area contributed by atoms with Gasteiger partial charge in [-0.25, -0.2) is 4.57 Å². The van der Waals surface area contributed by atoms with Crippen LogP contribution >= 0.6 is 7.82 Å². The first-order chi connectivity index (χ1) is 28.9. The van der Waals surface area contributed by atoms with Gasteiger partial charge in [-0.15, -0.1) is 6.58 Å². The van der Waals surface area contributed by atoms with E-state index in [0.717, 1.165) is 57.8 Å². The van der Waals surface area contributed by atoms with E-state index in [1.165, 1.54) is 154 Å². The lowest BCUT2D eigenvalue weighted by Crippen LogP contribution is -2.47. The third kappa shape index (κ3) is 39.1. The summed E-state index contributed by atoms with van der Waals surface area (Å²) in [4.78, 5) is 26.8. The summed E-state index contributed by atoms with van der Waals surface area (Å²) in [7, 11) is -3.96. The van der Waals surface area contributed by atoms with Gasteiger partial charge in [0.2, 0.25) is 5.91 Å². The van der Waals surface area contributed by atoms with Crippen molar-refractivity contribution in [3.8, 4) is 0 Å². The molecule has 9 heteroatoms. The molecular formula is C50H96NO7P. The van der Waals surface area contributed by atoms with Crippen LogP contribution in [0.4, 0.5) is 0 Å². The highest BCUT2D eigenvalue weighted by molar-refractivity contribution is 7.48. The molecule has 1 N–H and O–H groups in total. The maximum Gasteiger partial charge on any atom is 0.475 e. The first kappa shape index (κ1) is 57.5. The largest absolute Gasteiger partial charge is 0.475 e. The van der Waals surface area contributed by atoms with Crippen molar-refractivity contribution >= 4 is 19.7 Å². The number of rotatable bonds is 47. The first-order valence-corrected chi connectivity index (χ1v) is 26.6. The van der Waals surface area contributed by atoms with Crippen LogP contribution in [0.15, 0.2) is 24.8 Å². The van der Waals surface area contributed by atoms with Crippen LogP contribution in [0.5, 0.6) is 0 Å². The zero-order chi connectivity index (χ0) is 43.3. The molecule has 1 amide bonds. The van der Waals surface area contributed by atoms with Gasteiger partial charge < -0.3 is 10.1 Å². The van der Waals surface area contributed by atoms with E-state index in [0.29, 0.717) is 19.3 Å². The molecule has 0 saturated heterocycles. The second-order valence-electron chi connectivity index (χ2n) is 16.9. The first-order valence-electron chi connectivity index (χ1n) is 25.2. The van der Waals surface area contributed by atoms with Gasteiger partial charge in [0.25, 0.3) is 0 Å². The van der Waals surface area contributed by atoms with Crippen LogP contribution in [0.2, 0.25) is 0 Å². The molecule has 0 radical (unpaired) electrons. The highest BCUT2D eigenvalue weighted by Crippen LogP contribution is 2.49. The summed E-state index contributed by atoms with van der Waals surface area (Å²) in [6.07, 6.45) is 44.6. The number of allylic oxidation sites excluding steroid dienone is 1. The molecule has 0 spiro atoms. The van der Waals surface area contributed by atoms with Crippen molar-refractivity contribution in [2.24, 2.45) is 0 Å². The SMILES string of the molecule is C=CCOP(=O)(OCCC)OC[C@H](NC(=O)CCCCCCCCCCCCC)[C@@H](/C=C/CCCCCCCCCCCCC)OC(=O)CCCCCCCCCCC. The van der Waals surface area contributed by atoms with Crippen LogP contribution in [0.3, 0.4) is 0 Å². The second-order valence-corrected chi connectivity index (χ2v) is 18.6. The molecular weight excluding hydrogens is 758 g/mol. The number of ether oxygens (including phenoxy) is 1. The summed E-state index contributed by atoms with van der Waals surface area (Å²) in [5.74, 6) is -0.431. The second kappa shape index (κ2) is 44.6. The summed E-state index contributed by atoms with van der Waals surface area (Å²) < 4.78 is 36.6. The van der Waals surface area contributed by atoms with Crippen LogP contribution in [0.25, 0.3) is 0 Å². The van der Waals surface area contributed by atoms with Gasteiger partial charge in [-0.3, -0.25) is 23.2 Å². The smallest absolute Gasteiger partial charge is 0.456 e. The fraction of sp³-hybridized carbons (Fsp3) is 0.880. The average molecular weight is 854 g/mol. The number of unbranched alkanes of at least 4 members (excludes halogenated alkanes) is 29. The summed E-state index contributed by atoms with van der Waals surface area (Å²) in [6, 6.07) is -0.762. The quantitative estimate of drug-likeness (QED) is 0.0282. The standard InChI is InChI=1S/C50H96NO7P/c1-6-11-14-17-20-23-25-26-28-30-32-35-38-41-48(58-50(53)43-40-37-34-29-22-19-16-13-8-3)47(46-57-59(54,55-44-9-4)56-45-10-5)51-49(52)42-39-36-33-31-27-24-21-18-15-12-7-2/h9,38,41,47-48H,4,6-8,10-37,39-40,42-46H2,1-3,5H3,(H,51,52)/b41-38+/t47-,48+,59?/m0/s1. The maximum absolute atomic E-state index is 13.6. The number of phosphoric acid groups is 1. The van der Waals surface area contributed by atoms with E-state index >= 15 is 0 Å². The Bertz CT molecular complexity index is 1020. The van der Waals surface area contributed by atoms with Gasteiger partial charge in [0, 0.05) is 12.8 Å². The Morgan fingerprint density at radius 2 is 0.966 bits per heavy atom. The topological polar surface area (TPSA) is 100 Å². The van der Waals surface area contributed by atoms with Gasteiger partial charge in [-0.05, 0) is 38.2 Å². The van der Waals surface area contributed by atoms with Crippen molar-refractivity contribution in [3.63, 3.8) is 0 Å². The van der Waals surface area contributed by atoms with Gasteiger partial charge in [-0.2, -0.15) is 0 Å². The van der Waals surface area contributed by atoms with Gasteiger partial charge in [0.15, 0.2) is 0 Å². The molecule has 0 aliphatic carbocycles. The molecule has 0 bridgehead atoms. The number of hydrogen-bond acceptors (Lipinski definition) is 7. The molecule has 0 saturated carbocycles. The van der Waals surface area contributed by atoms with Crippen LogP contribution in [0, 0.1) is 0 Å². The molecule has 0 aromatic rings. The van der Waals surface area contributed by atoms with E-state index in [4.69, 9.17) is 18.3 Å². The van der Waals surface area contributed by atoms with E-state index in [-0.39, 0.29) is 31.7 Å². The van der Waals surface area contributed by atoms with Crippen LogP contribution in [-0.2, 0) is 32.5 Å². The summed E-state index contributed by atoms with van der Waals surface area (Å²) in [6.45, 7) is 12.3. The Morgan fingerprint density at radius 1 is 0.542 bits per heavy atom. The Kier molecular flexibility index (Phi) is 43.5. The number of phosphoric ester groups is 1. The normalized spacial score (nSPS) is 13.7. The predicted molar refractivity (Wildman–Crippen MR) is 251 cm³/mol. The van der Waals surface area contributed by atoms with Crippen molar-refractivity contribution in [1.82, 2.24) is 5.32 Å². The molecule has 0 aliphatic rings. The van der Waals surface area contributed by atoms with Crippen molar-refractivity contribution in [2.45, 2.75) is 265 Å². The minimum absolute atomic E-state index is 0.00705. The Balaban J connectivity index is 5.53. The van der Waals surface area contributed by atoms with E-state index in [1.54, 1.807) is 0 Å². The fourth-order valence-corrected chi connectivity index (χ4v) is 8.54. The van der Waals surface area contributed by atoms with E-state index in [9.17, 15) is 14.2 Å². The molecule has 59 heavy (non-hydrogen) atoms. The van der Waals surface area contributed by atoms with Crippen LogP contribution in [0.1, 0.15) is 252 Å². The van der Waals surface area contributed by atoms with Crippen molar-refractivity contribution in [3.05, 3.63) is 24.8 Å². The summed E-state index contributed by atoms with van der Waals surface area (Å²) in [5.41, 5.74) is 0. The van der Waals surface area contributed by atoms with Gasteiger partial charge in [0.1, 0.15) is 6.10 Å². The molecule has 0 aliphatic heterocycles. The number of hydrogen-bond donors (Lipinski definition) is 1. The molecule has 0 fully saturated rings. The maximum atomic E-state index is 13.6. The molecule has 0 aromatic heterocycles. The van der Waals surface area contributed by atoms with E-state index in [2.05, 4.69) is 38.7 Å². The minimum atomic E-state index is -3.96. The van der Waals surface area contributed by atoms with Gasteiger partial charge >= 0.3 is 13.8 Å². The molecule has 8 nitrogen and oxygen atoms in total. The van der Waals surface area contributed by atoms with Crippen LogP contribution < -0.4 is 5.32 Å². The third-order valence-corrected chi connectivity index (χ3v) is 12.4. The lowest BCUT2D eigenvalue weighted by atomic mass is 10.0. The van der Waals surface area contributed by atoms with E-state index in [1.807, 2.05) is 13.0 Å². The molecule has 3 atom stereocenters. The Hall–Kier alpha value is -1.47. The minimum Gasteiger partial charge on any atom is -0.456 e. The molecule has 1 unspecified atom stereocenters. The zero-order valence-electron chi connectivity index (χ0n) is 39.3.